The minimum absolute atomic E-state index is 0.0219. The zero-order chi connectivity index (χ0) is 28.1. The summed E-state index contributed by atoms with van der Waals surface area (Å²) in [7, 11) is -4.08. The number of benzene rings is 2. The van der Waals surface area contributed by atoms with E-state index < -0.39 is 10.3 Å². The van der Waals surface area contributed by atoms with E-state index in [9.17, 15) is 13.5 Å². The summed E-state index contributed by atoms with van der Waals surface area (Å²) in [6, 6.07) is 14.3. The number of aliphatic hydroxyl groups is 1. The van der Waals surface area contributed by atoms with Gasteiger partial charge >= 0.3 is 10.3 Å². The van der Waals surface area contributed by atoms with Crippen molar-refractivity contribution < 1.29 is 22.4 Å². The lowest BCUT2D eigenvalue weighted by Crippen LogP contribution is -2.52. The fourth-order valence-corrected chi connectivity index (χ4v) is 9.41. The molecule has 2 unspecified atom stereocenters. The molecule has 1 saturated heterocycles. The summed E-state index contributed by atoms with van der Waals surface area (Å²) in [6.45, 7) is 8.75. The highest BCUT2D eigenvalue weighted by Crippen LogP contribution is 2.70. The van der Waals surface area contributed by atoms with Crippen LogP contribution in [-0.2, 0) is 16.7 Å². The van der Waals surface area contributed by atoms with Gasteiger partial charge in [-0.1, -0.05) is 38.5 Å². The second kappa shape index (κ2) is 10.6. The third-order valence-electron chi connectivity index (χ3n) is 10.9. The van der Waals surface area contributed by atoms with E-state index in [2.05, 4.69) is 49.1 Å². The number of rotatable bonds is 7. The number of nitrogens with zero attached hydrogens (tertiary/aromatic N) is 1. The van der Waals surface area contributed by atoms with Crippen molar-refractivity contribution in [2.45, 2.75) is 83.2 Å². The molecule has 3 N–H and O–H groups in total. The molecule has 8 heteroatoms. The van der Waals surface area contributed by atoms with Gasteiger partial charge in [-0.3, -0.25) is 4.90 Å². The first-order valence-corrected chi connectivity index (χ1v) is 16.5. The molecule has 2 saturated carbocycles. The quantitative estimate of drug-likeness (QED) is 0.480. The summed E-state index contributed by atoms with van der Waals surface area (Å²) in [6.07, 6.45) is 8.28. The number of ether oxygens (including phenoxy) is 1. The topological polar surface area (TPSA) is 102 Å². The van der Waals surface area contributed by atoms with Crippen molar-refractivity contribution in [3.05, 3.63) is 59.2 Å². The summed E-state index contributed by atoms with van der Waals surface area (Å²) in [4.78, 5) is 2.49. The number of fused-ring (bicyclic) bond motifs is 5. The summed E-state index contributed by atoms with van der Waals surface area (Å²) >= 11 is 0. The molecule has 218 valence electrons. The number of aliphatic hydroxyl groups excluding tert-OH is 1. The van der Waals surface area contributed by atoms with Crippen molar-refractivity contribution in [3.63, 3.8) is 0 Å². The molecule has 0 bridgehead atoms. The van der Waals surface area contributed by atoms with Crippen LogP contribution in [0.15, 0.2) is 42.5 Å². The van der Waals surface area contributed by atoms with Crippen LogP contribution in [0, 0.1) is 16.7 Å². The second-order valence-corrected chi connectivity index (χ2v) is 14.4. The Hall–Kier alpha value is -2.13. The second-order valence-electron chi connectivity index (χ2n) is 13.2. The maximum Gasteiger partial charge on any atom is 0.380 e. The Morgan fingerprint density at radius 1 is 1.00 bits per heavy atom. The molecule has 7 nitrogen and oxygen atoms in total. The largest absolute Gasteiger partial charge is 0.492 e. The molecule has 4 aliphatic rings. The maximum absolute atomic E-state index is 11.6. The Morgan fingerprint density at radius 3 is 2.45 bits per heavy atom. The molecule has 1 aliphatic heterocycles. The number of hydrogen-bond acceptors (Lipinski definition) is 6. The number of hydrogen-bond donors (Lipinski definition) is 2. The lowest BCUT2D eigenvalue weighted by Gasteiger charge is -2.60. The molecule has 0 amide bonds. The van der Waals surface area contributed by atoms with Crippen molar-refractivity contribution in [1.29, 1.82) is 0 Å². The van der Waals surface area contributed by atoms with E-state index in [4.69, 9.17) is 14.1 Å². The van der Waals surface area contributed by atoms with Crippen molar-refractivity contribution in [1.82, 2.24) is 4.90 Å². The van der Waals surface area contributed by atoms with Crippen molar-refractivity contribution in [3.8, 4) is 11.5 Å². The molecule has 2 aromatic carbocycles. The fraction of sp³-hybridized carbons (Fsp3) is 0.625. The normalized spacial score (nSPS) is 34.0. The summed E-state index contributed by atoms with van der Waals surface area (Å²) in [5, 5.41) is 16.4. The van der Waals surface area contributed by atoms with Gasteiger partial charge in [-0.05, 0) is 128 Å². The van der Waals surface area contributed by atoms with Gasteiger partial charge in [0.25, 0.3) is 0 Å². The Bertz CT molecular complexity index is 1330. The molecule has 0 spiro atoms. The molecule has 1 heterocycles. The molecule has 40 heavy (non-hydrogen) atoms. The fourth-order valence-electron chi connectivity index (χ4n) is 9.04. The zero-order valence-electron chi connectivity index (χ0n) is 23.8. The molecule has 2 aromatic rings. The number of aryl methyl sites for hydroxylation is 1. The Labute approximate surface area is 239 Å². The molecule has 3 aliphatic carbocycles. The first-order valence-electron chi connectivity index (χ1n) is 15.0. The van der Waals surface area contributed by atoms with E-state index in [0.717, 1.165) is 50.0 Å². The molecule has 0 radical (unpaired) electrons. The minimum Gasteiger partial charge on any atom is -0.492 e. The van der Waals surface area contributed by atoms with Crippen LogP contribution in [0.5, 0.6) is 11.5 Å². The van der Waals surface area contributed by atoms with Gasteiger partial charge in [0.1, 0.15) is 18.1 Å². The SMILES string of the molecule is C[C@@]12CCc3cc(OS(N)(=O)=O)ccc3C1[C@@H](c1ccc(OCCN3CCCCC3)cc1)C[C@@]1(C)C2CC[C@@H]1O. The van der Waals surface area contributed by atoms with Crippen molar-refractivity contribution in [2.75, 3.05) is 26.2 Å². The molecular weight excluding hydrogens is 524 g/mol. The Kier molecular flexibility index (Phi) is 7.43. The average Bonchev–Trinajstić information content (AvgIpc) is 3.23. The molecular formula is C32H44N2O5S. The van der Waals surface area contributed by atoms with Gasteiger partial charge in [0.2, 0.25) is 0 Å². The minimum atomic E-state index is -4.08. The average molecular weight is 569 g/mol. The van der Waals surface area contributed by atoms with E-state index in [0.29, 0.717) is 12.5 Å². The van der Waals surface area contributed by atoms with Crippen LogP contribution in [0.25, 0.3) is 0 Å². The van der Waals surface area contributed by atoms with Crippen LogP contribution in [0.4, 0.5) is 0 Å². The van der Waals surface area contributed by atoms with E-state index in [1.807, 2.05) is 6.07 Å². The third-order valence-corrected chi connectivity index (χ3v) is 11.3. The van der Waals surface area contributed by atoms with Gasteiger partial charge in [-0.15, -0.1) is 0 Å². The zero-order valence-corrected chi connectivity index (χ0v) is 24.7. The van der Waals surface area contributed by atoms with Crippen LogP contribution in [-0.4, -0.2) is 50.8 Å². The Balaban J connectivity index is 1.29. The summed E-state index contributed by atoms with van der Waals surface area (Å²) < 4.78 is 34.3. The lowest BCUT2D eigenvalue weighted by molar-refractivity contribution is -0.0768. The van der Waals surface area contributed by atoms with Gasteiger partial charge in [-0.2, -0.15) is 13.6 Å². The number of nitrogens with two attached hydrogens (primary N) is 1. The van der Waals surface area contributed by atoms with Crippen LogP contribution in [0.2, 0.25) is 0 Å². The highest BCUT2D eigenvalue weighted by atomic mass is 32.2. The van der Waals surface area contributed by atoms with Gasteiger partial charge < -0.3 is 14.0 Å². The highest BCUT2D eigenvalue weighted by molar-refractivity contribution is 7.84. The monoisotopic (exact) mass is 568 g/mol. The van der Waals surface area contributed by atoms with Crippen LogP contribution in [0.1, 0.15) is 87.3 Å². The number of likely N-dealkylation sites (tertiary alicyclic amines) is 1. The van der Waals surface area contributed by atoms with Gasteiger partial charge in [0.15, 0.2) is 0 Å². The van der Waals surface area contributed by atoms with Gasteiger partial charge in [-0.25, -0.2) is 0 Å². The van der Waals surface area contributed by atoms with E-state index in [1.165, 1.54) is 43.5 Å². The van der Waals surface area contributed by atoms with E-state index in [-0.39, 0.29) is 34.5 Å². The number of piperidine rings is 1. The van der Waals surface area contributed by atoms with E-state index >= 15 is 0 Å². The predicted molar refractivity (Wildman–Crippen MR) is 156 cm³/mol. The summed E-state index contributed by atoms with van der Waals surface area (Å²) in [5.74, 6) is 2.09. The predicted octanol–water partition coefficient (Wildman–Crippen LogP) is 5.13. The third kappa shape index (κ3) is 5.17. The maximum atomic E-state index is 11.6. The van der Waals surface area contributed by atoms with Crippen LogP contribution in [0.3, 0.4) is 0 Å². The molecule has 6 atom stereocenters. The first kappa shape index (κ1) is 28.0. The van der Waals surface area contributed by atoms with Crippen LogP contribution < -0.4 is 14.1 Å². The standard InChI is InChI=1S/C32H44N2O5S/c1-31-15-14-23-20-25(39-40(33,36)37)10-11-26(23)30(31)27(21-32(2)28(31)12-13-29(32)35)22-6-8-24(9-7-22)38-19-18-34-16-4-3-5-17-34/h6-11,20,27-30,35H,3-5,12-19,21H2,1-2H3,(H2,33,36,37)/t27-,28?,29+,30?,31+,32+/m1/s1. The first-order chi connectivity index (χ1) is 19.1. The molecule has 0 aromatic heterocycles. The molecule has 3 fully saturated rings. The van der Waals surface area contributed by atoms with Crippen LogP contribution >= 0.6 is 0 Å². The van der Waals surface area contributed by atoms with Gasteiger partial charge in [0.05, 0.1) is 6.10 Å². The smallest absolute Gasteiger partial charge is 0.380 e. The van der Waals surface area contributed by atoms with Gasteiger partial charge in [0, 0.05) is 6.54 Å². The van der Waals surface area contributed by atoms with Crippen molar-refractivity contribution in [2.24, 2.45) is 21.9 Å². The lowest BCUT2D eigenvalue weighted by atomic mass is 9.44. The summed E-state index contributed by atoms with van der Waals surface area (Å²) in [5.41, 5.74) is 3.57. The van der Waals surface area contributed by atoms with Crippen molar-refractivity contribution >= 4 is 10.3 Å². The molecule has 6 rings (SSSR count). The Morgan fingerprint density at radius 2 is 1.73 bits per heavy atom. The van der Waals surface area contributed by atoms with E-state index in [1.54, 1.807) is 6.07 Å². The highest BCUT2D eigenvalue weighted by Gasteiger charge is 2.62.